The summed E-state index contributed by atoms with van der Waals surface area (Å²) in [6.07, 6.45) is -3.81. The van der Waals surface area contributed by atoms with E-state index in [9.17, 15) is 54.9 Å². The fourth-order valence-corrected chi connectivity index (χ4v) is 7.10. The Morgan fingerprint density at radius 1 is 0.879 bits per heavy atom. The van der Waals surface area contributed by atoms with Crippen LogP contribution in [0.3, 0.4) is 0 Å². The van der Waals surface area contributed by atoms with Gasteiger partial charge in [-0.1, -0.05) is 11.6 Å². The third kappa shape index (κ3) is 10.5. The molecule has 20 heteroatoms. The number of aliphatic hydroxyl groups excluding tert-OH is 1. The fourth-order valence-electron chi connectivity index (χ4n) is 7.10. The van der Waals surface area contributed by atoms with Crippen molar-refractivity contribution >= 4 is 39.6 Å². The topological polar surface area (TPSA) is 311 Å². The van der Waals surface area contributed by atoms with Gasteiger partial charge in [0.2, 0.25) is 17.5 Å². The van der Waals surface area contributed by atoms with Crippen molar-refractivity contribution in [3.63, 3.8) is 0 Å². The minimum atomic E-state index is -1.52. The average molecular weight is 923 g/mol. The first kappa shape index (κ1) is 50.3. The summed E-state index contributed by atoms with van der Waals surface area (Å²) in [4.78, 5) is 49.6. The minimum Gasteiger partial charge on any atom is -1.00 e. The molecular weight excluding hydrogens is 875 g/mol. The van der Waals surface area contributed by atoms with Gasteiger partial charge in [0.1, 0.15) is 34.5 Å². The zero-order valence-corrected chi connectivity index (χ0v) is 38.7. The van der Waals surface area contributed by atoms with Crippen molar-refractivity contribution in [2.75, 3.05) is 12.4 Å². The number of aliphatic hydroxyl groups is 1. The van der Waals surface area contributed by atoms with E-state index >= 15 is 0 Å². The number of nitrogens with one attached hydrogen (secondary N) is 1. The number of phenols is 4. The predicted molar refractivity (Wildman–Crippen MR) is 235 cm³/mol. The van der Waals surface area contributed by atoms with Crippen molar-refractivity contribution in [3.05, 3.63) is 116 Å². The standard InChI is InChI=1S/C31H36N2O11.C15H10O6.Na.H/c1-14(2)7-8-16-13-17(9-11-19(16)34)27(37)33-21-22(35)18-10-12-20(15(3)24(18)42-28(21)38)41-29-23(36)25(43-30(32)39)26(40-6)31(4,5)44-29;16-8-2-3-9-12(6-8)21-15(14(20)13(9)19)7-1-4-10(17)11(18)5-7;;/h7,9-13,23,25-26,29,34-36H,8H2,1-6H3,(H2,32,39)(H,33,37);1-6,16-18,20H;;/q;;+1;-1/t23-,25+,26-,29-;;;/m1.../s1. The van der Waals surface area contributed by atoms with E-state index in [0.717, 1.165) is 11.6 Å². The largest absolute Gasteiger partial charge is 1.00 e. The molecule has 6 aromatic rings. The maximum atomic E-state index is 13.0. The molecule has 1 saturated heterocycles. The number of fused-ring (bicyclic) bond motifs is 2. The maximum absolute atomic E-state index is 13.0. The molecule has 4 aromatic carbocycles. The van der Waals surface area contributed by atoms with E-state index in [1.165, 1.54) is 67.8 Å². The molecule has 1 fully saturated rings. The molecule has 4 atom stereocenters. The van der Waals surface area contributed by atoms with Gasteiger partial charge >= 0.3 is 41.3 Å². The summed E-state index contributed by atoms with van der Waals surface area (Å²) in [6.45, 7) is 8.69. The zero-order chi connectivity index (χ0) is 47.7. The van der Waals surface area contributed by atoms with Crippen LogP contribution in [0.4, 0.5) is 10.5 Å². The van der Waals surface area contributed by atoms with Crippen LogP contribution in [0, 0.1) is 6.92 Å². The summed E-state index contributed by atoms with van der Waals surface area (Å²) in [5.41, 5.74) is 4.19. The van der Waals surface area contributed by atoms with Crippen LogP contribution in [0.5, 0.6) is 40.2 Å². The number of methoxy groups -OCH3 is 1. The van der Waals surface area contributed by atoms with Gasteiger partial charge in [-0.05, 0) is 107 Å². The van der Waals surface area contributed by atoms with Crippen LogP contribution < -0.4 is 56.4 Å². The van der Waals surface area contributed by atoms with Gasteiger partial charge in [-0.15, -0.1) is 0 Å². The van der Waals surface area contributed by atoms with E-state index in [2.05, 4.69) is 5.32 Å². The van der Waals surface area contributed by atoms with E-state index in [-0.39, 0.29) is 98.4 Å². The summed E-state index contributed by atoms with van der Waals surface area (Å²) >= 11 is 0. The van der Waals surface area contributed by atoms with Gasteiger partial charge in [0.25, 0.3) is 5.91 Å². The van der Waals surface area contributed by atoms with Gasteiger partial charge in [0.05, 0.1) is 16.4 Å². The number of ether oxygens (including phenoxy) is 4. The number of hydrogen-bond acceptors (Lipinski definition) is 17. The van der Waals surface area contributed by atoms with Crippen LogP contribution >= 0.6 is 0 Å². The van der Waals surface area contributed by atoms with Gasteiger partial charge < -0.3 is 76.0 Å². The van der Waals surface area contributed by atoms with Crippen molar-refractivity contribution in [1.29, 1.82) is 0 Å². The monoisotopic (exact) mass is 922 g/mol. The Kier molecular flexibility index (Phi) is 15.4. The first-order valence-corrected chi connectivity index (χ1v) is 19.7. The Bertz CT molecular complexity index is 2980. The number of allylic oxidation sites excluding steroid dienone is 2. The second-order valence-electron chi connectivity index (χ2n) is 15.7. The number of carbonyl (C=O) groups is 2. The Labute approximate surface area is 398 Å². The number of anilines is 1. The van der Waals surface area contributed by atoms with Crippen molar-refractivity contribution in [2.24, 2.45) is 5.73 Å². The first-order valence-electron chi connectivity index (χ1n) is 19.7. The molecule has 2 aromatic heterocycles. The number of aromatic hydroxyl groups is 6. The van der Waals surface area contributed by atoms with Crippen LogP contribution in [-0.2, 0) is 20.6 Å². The van der Waals surface area contributed by atoms with Crippen LogP contribution in [0.25, 0.3) is 33.3 Å². The summed E-state index contributed by atoms with van der Waals surface area (Å²) in [7, 11) is 1.37. The SMILES string of the molecule is CO[C@@H]1[C@@H](OC(N)=O)[C@@H](O)[C@H](Oc2ccc3c(O)c(NC(=O)c4ccc(O)c(CC=C(C)C)c4)c(=O)oc3c2C)OC1(C)C.O=c1c(O)c(-c2ccc(O)c(O)c2)oc2cc(O)ccc12.[H-].[Na+]. The van der Waals surface area contributed by atoms with Crippen molar-refractivity contribution in [2.45, 2.75) is 71.2 Å². The number of amides is 2. The summed E-state index contributed by atoms with van der Waals surface area (Å²) in [6, 6.07) is 14.8. The molecule has 1 aliphatic heterocycles. The molecule has 0 radical (unpaired) electrons. The Hall–Kier alpha value is -6.74. The molecule has 7 rings (SSSR count). The molecule has 0 spiro atoms. The van der Waals surface area contributed by atoms with Gasteiger partial charge in [-0.3, -0.25) is 9.59 Å². The van der Waals surface area contributed by atoms with Gasteiger partial charge in [-0.2, -0.15) is 0 Å². The number of aryl methyl sites for hydroxylation is 1. The third-order valence-electron chi connectivity index (χ3n) is 10.4. The number of phenolic OH excluding ortho intramolecular Hbond substituents is 4. The van der Waals surface area contributed by atoms with Crippen molar-refractivity contribution < 1.29 is 104 Å². The molecule has 0 aliphatic carbocycles. The number of carbonyl (C=O) groups excluding carboxylic acids is 2. The predicted octanol–water partition coefficient (Wildman–Crippen LogP) is 3.03. The summed E-state index contributed by atoms with van der Waals surface area (Å²) in [5.74, 6) is -2.69. The van der Waals surface area contributed by atoms with Gasteiger partial charge in [-0.25, -0.2) is 9.59 Å². The Morgan fingerprint density at radius 2 is 1.56 bits per heavy atom. The van der Waals surface area contributed by atoms with Crippen LogP contribution in [0.2, 0.25) is 0 Å². The van der Waals surface area contributed by atoms with Crippen LogP contribution in [0.15, 0.2) is 96.8 Å². The second-order valence-corrected chi connectivity index (χ2v) is 15.7. The number of primary amides is 1. The maximum Gasteiger partial charge on any atom is 1.00 e. The molecule has 19 nitrogen and oxygen atoms in total. The summed E-state index contributed by atoms with van der Waals surface area (Å²) < 4.78 is 33.3. The van der Waals surface area contributed by atoms with Crippen molar-refractivity contribution in [3.8, 4) is 51.6 Å². The quantitative estimate of drug-likeness (QED) is 0.0436. The number of rotatable bonds is 9. The van der Waals surface area contributed by atoms with E-state index in [0.29, 0.717) is 12.0 Å². The second kappa shape index (κ2) is 20.2. The zero-order valence-electron chi connectivity index (χ0n) is 37.7. The average Bonchev–Trinajstić information content (AvgIpc) is 3.24. The molecule has 0 saturated carbocycles. The van der Waals surface area contributed by atoms with E-state index in [1.807, 2.05) is 19.9 Å². The number of benzene rings is 4. The van der Waals surface area contributed by atoms with Gasteiger partial charge in [0, 0.05) is 29.9 Å². The Balaban J connectivity index is 0.000000356. The summed E-state index contributed by atoms with van der Waals surface area (Å²) in [5, 5.41) is 72.9. The smallest absolute Gasteiger partial charge is 1.00 e. The van der Waals surface area contributed by atoms with E-state index in [4.69, 9.17) is 33.5 Å². The molecular formula is C46H47N2NaO17. The molecule has 0 bridgehead atoms. The van der Waals surface area contributed by atoms with E-state index in [1.54, 1.807) is 20.8 Å². The molecule has 2 amide bonds. The Morgan fingerprint density at radius 3 is 2.21 bits per heavy atom. The fraction of sp³-hybridized carbons (Fsp3) is 0.261. The normalized spacial score (nSPS) is 17.4. The first-order chi connectivity index (χ1) is 30.6. The number of nitrogens with two attached hydrogens (primary N) is 1. The minimum absolute atomic E-state index is 0. The van der Waals surface area contributed by atoms with Crippen LogP contribution in [0.1, 0.15) is 50.6 Å². The van der Waals surface area contributed by atoms with Gasteiger partial charge in [0.15, 0.2) is 40.9 Å². The van der Waals surface area contributed by atoms with E-state index < -0.39 is 76.2 Å². The molecule has 3 heterocycles. The molecule has 66 heavy (non-hydrogen) atoms. The molecule has 1 aliphatic rings. The number of hydrogen-bond donors (Lipinski definition) is 9. The molecule has 10 N–H and O–H groups in total. The van der Waals surface area contributed by atoms with Crippen LogP contribution in [-0.4, -0.2) is 85.1 Å². The third-order valence-corrected chi connectivity index (χ3v) is 10.4. The van der Waals surface area contributed by atoms with Crippen molar-refractivity contribution in [1.82, 2.24) is 0 Å². The molecule has 344 valence electrons. The molecule has 0 unspecified atom stereocenters.